The highest BCUT2D eigenvalue weighted by Gasteiger charge is 2.71. The van der Waals surface area contributed by atoms with E-state index in [0.717, 1.165) is 51.6 Å². The van der Waals surface area contributed by atoms with Gasteiger partial charge in [-0.25, -0.2) is 0 Å². The first-order chi connectivity index (χ1) is 16.1. The quantitative estimate of drug-likeness (QED) is 0.469. The molecule has 4 saturated carbocycles. The number of carbonyl (C=O) groups excluding carboxylic acids is 2. The average molecular weight is 473 g/mol. The molecule has 5 nitrogen and oxygen atoms in total. The van der Waals surface area contributed by atoms with Gasteiger partial charge in [-0.2, -0.15) is 0 Å². The summed E-state index contributed by atoms with van der Waals surface area (Å²) in [7, 11) is 0. The highest BCUT2D eigenvalue weighted by atomic mass is 16.7. The van der Waals surface area contributed by atoms with Crippen molar-refractivity contribution in [1.82, 2.24) is 0 Å². The molecule has 0 bridgehead atoms. The third-order valence-corrected chi connectivity index (χ3v) is 12.1. The third-order valence-electron chi connectivity index (χ3n) is 12.1. The number of hydrogen-bond acceptors (Lipinski definition) is 5. The lowest BCUT2D eigenvalue weighted by Gasteiger charge is -2.60. The number of ketones is 1. The van der Waals surface area contributed by atoms with Crippen molar-refractivity contribution in [1.29, 1.82) is 0 Å². The van der Waals surface area contributed by atoms with Gasteiger partial charge in [0.2, 0.25) is 0 Å². The number of carbonyl (C=O) groups is 2. The largest absolute Gasteiger partial charge is 0.463 e. The molecule has 0 aromatic heterocycles. The molecular formula is C29H44O5. The molecule has 12 atom stereocenters. The smallest absolute Gasteiger partial charge is 0.302 e. The van der Waals surface area contributed by atoms with E-state index >= 15 is 0 Å². The Labute approximate surface area is 205 Å². The van der Waals surface area contributed by atoms with Crippen molar-refractivity contribution >= 4 is 11.8 Å². The van der Waals surface area contributed by atoms with Crippen LogP contribution in [0, 0.1) is 52.3 Å². The lowest BCUT2D eigenvalue weighted by Crippen LogP contribution is -2.58. The molecule has 0 amide bonds. The minimum atomic E-state index is -0.467. The van der Waals surface area contributed by atoms with E-state index in [0.29, 0.717) is 35.4 Å². The first-order valence-corrected chi connectivity index (χ1v) is 14.1. The maximum Gasteiger partial charge on any atom is 0.302 e. The van der Waals surface area contributed by atoms with Gasteiger partial charge in [-0.15, -0.1) is 0 Å². The fourth-order valence-electron chi connectivity index (χ4n) is 10.3. The Balaban J connectivity index is 1.25. The van der Waals surface area contributed by atoms with Crippen LogP contribution in [0.25, 0.3) is 0 Å². The van der Waals surface area contributed by atoms with Gasteiger partial charge in [-0.3, -0.25) is 9.59 Å². The van der Waals surface area contributed by atoms with E-state index in [1.165, 1.54) is 19.8 Å². The van der Waals surface area contributed by atoms with E-state index in [4.69, 9.17) is 14.2 Å². The van der Waals surface area contributed by atoms with Crippen LogP contribution in [0.2, 0.25) is 0 Å². The molecule has 5 heteroatoms. The summed E-state index contributed by atoms with van der Waals surface area (Å²) in [5.74, 6) is 3.07. The van der Waals surface area contributed by atoms with Gasteiger partial charge in [0.05, 0.1) is 12.7 Å². The molecule has 4 aliphatic carbocycles. The zero-order chi connectivity index (χ0) is 24.0. The summed E-state index contributed by atoms with van der Waals surface area (Å²) in [6.07, 6.45) is 9.47. The second kappa shape index (κ2) is 7.78. The second-order valence-corrected chi connectivity index (χ2v) is 13.5. The Kier molecular flexibility index (Phi) is 5.37. The molecule has 6 unspecified atom stereocenters. The van der Waals surface area contributed by atoms with Crippen LogP contribution in [0.1, 0.15) is 92.4 Å². The van der Waals surface area contributed by atoms with Crippen LogP contribution in [0.3, 0.4) is 0 Å². The SMILES string of the molecule is CC(=O)O[C@H]1CC[C@]2(C)C3CC(=O)[C@@]4(C)C(CC5O[C@]6(CC[C@@H](C)CO6)C(C)C54)C3CC[C@H]2C1. The van der Waals surface area contributed by atoms with Crippen LogP contribution < -0.4 is 0 Å². The van der Waals surface area contributed by atoms with Gasteiger partial charge in [-0.05, 0) is 80.0 Å². The molecule has 0 radical (unpaired) electrons. The minimum absolute atomic E-state index is 0.0613. The van der Waals surface area contributed by atoms with Gasteiger partial charge in [0.15, 0.2) is 5.79 Å². The van der Waals surface area contributed by atoms with Crippen LogP contribution in [-0.4, -0.2) is 36.4 Å². The Morgan fingerprint density at radius 3 is 2.53 bits per heavy atom. The fraction of sp³-hybridized carbons (Fsp3) is 0.931. The number of esters is 1. The van der Waals surface area contributed by atoms with Crippen LogP contribution in [0.5, 0.6) is 0 Å². The summed E-state index contributed by atoms with van der Waals surface area (Å²) in [5.41, 5.74) is -0.0934. The summed E-state index contributed by atoms with van der Waals surface area (Å²) in [4.78, 5) is 25.7. The van der Waals surface area contributed by atoms with Crippen molar-refractivity contribution in [3.8, 4) is 0 Å². The zero-order valence-electron chi connectivity index (χ0n) is 21.8. The Morgan fingerprint density at radius 2 is 1.82 bits per heavy atom. The predicted molar refractivity (Wildman–Crippen MR) is 128 cm³/mol. The van der Waals surface area contributed by atoms with Gasteiger partial charge >= 0.3 is 5.97 Å². The summed E-state index contributed by atoms with van der Waals surface area (Å²) in [6.45, 7) is 11.6. The van der Waals surface area contributed by atoms with Gasteiger partial charge in [0.25, 0.3) is 0 Å². The monoisotopic (exact) mass is 472 g/mol. The van der Waals surface area contributed by atoms with E-state index in [-0.39, 0.29) is 40.8 Å². The van der Waals surface area contributed by atoms with Crippen molar-refractivity contribution in [3.05, 3.63) is 0 Å². The van der Waals surface area contributed by atoms with Crippen LogP contribution in [-0.2, 0) is 23.8 Å². The highest BCUT2D eigenvalue weighted by Crippen LogP contribution is 2.70. The normalized spacial score (nSPS) is 56.4. The molecule has 2 heterocycles. The molecule has 0 aromatic rings. The Hall–Kier alpha value is -0.940. The minimum Gasteiger partial charge on any atom is -0.463 e. The van der Waals surface area contributed by atoms with Gasteiger partial charge in [-0.1, -0.05) is 27.7 Å². The molecule has 6 fully saturated rings. The summed E-state index contributed by atoms with van der Waals surface area (Å²) < 4.78 is 18.8. The zero-order valence-corrected chi connectivity index (χ0v) is 21.8. The molecule has 2 aliphatic heterocycles. The Bertz CT molecular complexity index is 861. The molecule has 34 heavy (non-hydrogen) atoms. The first kappa shape index (κ1) is 23.5. The number of Topliss-reactive ketones (excluding diaryl/α,β-unsaturated/α-hetero) is 1. The highest BCUT2D eigenvalue weighted by molar-refractivity contribution is 5.87. The molecular weight excluding hydrogens is 428 g/mol. The van der Waals surface area contributed by atoms with Crippen LogP contribution >= 0.6 is 0 Å². The van der Waals surface area contributed by atoms with Crippen molar-refractivity contribution in [2.24, 2.45) is 52.3 Å². The summed E-state index contributed by atoms with van der Waals surface area (Å²) >= 11 is 0. The topological polar surface area (TPSA) is 61.8 Å². The lowest BCUT2D eigenvalue weighted by molar-refractivity contribution is -0.272. The number of fused-ring (bicyclic) bond motifs is 7. The van der Waals surface area contributed by atoms with E-state index < -0.39 is 5.79 Å². The molecule has 190 valence electrons. The van der Waals surface area contributed by atoms with Crippen LogP contribution in [0.4, 0.5) is 0 Å². The van der Waals surface area contributed by atoms with Gasteiger partial charge < -0.3 is 14.2 Å². The number of hydrogen-bond donors (Lipinski definition) is 0. The van der Waals surface area contributed by atoms with Crippen molar-refractivity contribution < 1.29 is 23.8 Å². The summed E-state index contributed by atoms with van der Waals surface area (Å²) in [6, 6.07) is 0. The number of rotatable bonds is 1. The molecule has 1 spiro atoms. The second-order valence-electron chi connectivity index (χ2n) is 13.5. The third kappa shape index (κ3) is 3.11. The maximum atomic E-state index is 14.1. The van der Waals surface area contributed by atoms with E-state index in [9.17, 15) is 9.59 Å². The predicted octanol–water partition coefficient (Wildman–Crippen LogP) is 5.54. The van der Waals surface area contributed by atoms with E-state index in [1.54, 1.807) is 0 Å². The lowest BCUT2D eigenvalue weighted by atomic mass is 9.44. The summed E-state index contributed by atoms with van der Waals surface area (Å²) in [5, 5.41) is 0. The molecule has 6 rings (SSSR count). The van der Waals surface area contributed by atoms with Crippen molar-refractivity contribution in [2.75, 3.05) is 6.61 Å². The van der Waals surface area contributed by atoms with Crippen molar-refractivity contribution in [3.63, 3.8) is 0 Å². The first-order valence-electron chi connectivity index (χ1n) is 14.1. The van der Waals surface area contributed by atoms with Gasteiger partial charge in [0.1, 0.15) is 11.9 Å². The molecule has 6 aliphatic rings. The molecule has 0 aromatic carbocycles. The Morgan fingerprint density at radius 1 is 1.03 bits per heavy atom. The number of ether oxygens (including phenoxy) is 3. The maximum absolute atomic E-state index is 14.1. The molecule has 2 saturated heterocycles. The average Bonchev–Trinajstić information content (AvgIpc) is 3.23. The fourth-order valence-corrected chi connectivity index (χ4v) is 10.3. The van der Waals surface area contributed by atoms with Gasteiger partial charge in [0, 0.05) is 37.0 Å². The van der Waals surface area contributed by atoms with Crippen LogP contribution in [0.15, 0.2) is 0 Å². The molecule has 0 N–H and O–H groups in total. The van der Waals surface area contributed by atoms with E-state index in [1.807, 2.05) is 0 Å². The van der Waals surface area contributed by atoms with Crippen molar-refractivity contribution in [2.45, 2.75) is 110 Å². The standard InChI is InChI=1S/C29H44O5/c1-16-8-11-29(32-15-16)17(2)26-24(34-29)13-23-21-7-6-19-12-20(33-18(3)30)9-10-27(19,4)22(21)14-25(31)28(23,26)5/h16-17,19-24,26H,6-15H2,1-5H3/t16-,17?,19+,20+,21?,22?,23?,24?,26?,27+,28-,29-/m1/s1. The van der Waals surface area contributed by atoms with E-state index in [2.05, 4.69) is 27.7 Å².